The van der Waals surface area contributed by atoms with Gasteiger partial charge in [0.2, 0.25) is 0 Å². The molecule has 6 nitrogen and oxygen atoms in total. The lowest BCUT2D eigenvalue weighted by Gasteiger charge is -2.27. The molecule has 2 N–H and O–H groups in total. The lowest BCUT2D eigenvalue weighted by atomic mass is 9.84. The molecule has 1 amide bonds. The van der Waals surface area contributed by atoms with Gasteiger partial charge in [-0.1, -0.05) is 83.5 Å². The Bertz CT molecular complexity index is 1480. The second-order valence-electron chi connectivity index (χ2n) is 11.8. The molecule has 1 heterocycles. The Morgan fingerprint density at radius 2 is 1.46 bits per heavy atom. The molecule has 7 heteroatoms. The van der Waals surface area contributed by atoms with Gasteiger partial charge in [0.05, 0.1) is 30.0 Å². The number of halogens is 1. The fourth-order valence-electron chi connectivity index (χ4n) is 4.76. The molecule has 39 heavy (non-hydrogen) atoms. The summed E-state index contributed by atoms with van der Waals surface area (Å²) >= 11 is 6.23. The van der Waals surface area contributed by atoms with Gasteiger partial charge >= 0.3 is 0 Å². The fraction of sp³-hybridized carbons (Fsp3) is 0.312. The standard InChI is InChI=1S/C32H34ClNO5/c1-31(2,3)19-10-8-18(9-11-19)27-26(28(36)22-16-20(32(4,5)6)12-15-25(22)39-7)29(37)30(38)34(27)23-17-21(33)13-14-24(23)35/h8-17,27,35-36H,1-7H3/b28-26+. The molecule has 0 aromatic heterocycles. The van der Waals surface area contributed by atoms with Gasteiger partial charge in [-0.3, -0.25) is 14.5 Å². The van der Waals surface area contributed by atoms with Crippen molar-refractivity contribution < 1.29 is 24.5 Å². The summed E-state index contributed by atoms with van der Waals surface area (Å²) in [6.45, 7) is 12.4. The number of carbonyl (C=O) groups is 2. The molecule has 0 aliphatic carbocycles. The minimum absolute atomic E-state index is 0.0731. The highest BCUT2D eigenvalue weighted by molar-refractivity contribution is 6.52. The molecule has 1 aliphatic heterocycles. The minimum Gasteiger partial charge on any atom is -0.507 e. The average Bonchev–Trinajstić information content (AvgIpc) is 3.13. The molecule has 1 aliphatic rings. The molecular weight excluding hydrogens is 514 g/mol. The first-order valence-corrected chi connectivity index (χ1v) is 13.1. The maximum absolute atomic E-state index is 13.6. The van der Waals surface area contributed by atoms with Crippen LogP contribution in [0.25, 0.3) is 5.76 Å². The van der Waals surface area contributed by atoms with Crippen LogP contribution in [-0.4, -0.2) is 29.0 Å². The Labute approximate surface area is 234 Å². The average molecular weight is 548 g/mol. The summed E-state index contributed by atoms with van der Waals surface area (Å²) in [6, 6.07) is 16.2. The number of hydrogen-bond acceptors (Lipinski definition) is 5. The molecule has 1 atom stereocenters. The number of rotatable bonds is 4. The van der Waals surface area contributed by atoms with E-state index in [1.807, 2.05) is 51.1 Å². The molecule has 0 spiro atoms. The van der Waals surface area contributed by atoms with Gasteiger partial charge in [0, 0.05) is 5.02 Å². The Kier molecular flexibility index (Phi) is 7.30. The molecule has 0 bridgehead atoms. The number of aromatic hydroxyl groups is 1. The van der Waals surface area contributed by atoms with Gasteiger partial charge in [-0.25, -0.2) is 0 Å². The van der Waals surface area contributed by atoms with E-state index in [4.69, 9.17) is 16.3 Å². The zero-order chi connectivity index (χ0) is 28.9. The minimum atomic E-state index is -1.02. The van der Waals surface area contributed by atoms with Crippen molar-refractivity contribution in [3.05, 3.63) is 93.5 Å². The van der Waals surface area contributed by atoms with Crippen molar-refractivity contribution in [1.82, 2.24) is 0 Å². The molecular formula is C32H34ClNO5. The number of aliphatic hydroxyl groups excluding tert-OH is 1. The predicted molar refractivity (Wildman–Crippen MR) is 155 cm³/mol. The molecule has 0 radical (unpaired) electrons. The van der Waals surface area contributed by atoms with E-state index in [9.17, 15) is 19.8 Å². The topological polar surface area (TPSA) is 87.1 Å². The van der Waals surface area contributed by atoms with Gasteiger partial charge in [0.25, 0.3) is 11.7 Å². The normalized spacial score (nSPS) is 17.5. The molecule has 1 fully saturated rings. The van der Waals surface area contributed by atoms with Crippen LogP contribution in [0.2, 0.25) is 5.02 Å². The zero-order valence-corrected chi connectivity index (χ0v) is 24.1. The number of carbonyl (C=O) groups excluding carboxylic acids is 2. The highest BCUT2D eigenvalue weighted by Gasteiger charge is 2.48. The van der Waals surface area contributed by atoms with Gasteiger partial charge in [-0.2, -0.15) is 0 Å². The molecule has 4 rings (SSSR count). The number of amides is 1. The van der Waals surface area contributed by atoms with E-state index < -0.39 is 17.7 Å². The number of anilines is 1. The van der Waals surface area contributed by atoms with Gasteiger partial charge in [0.15, 0.2) is 0 Å². The molecule has 3 aromatic rings. The van der Waals surface area contributed by atoms with E-state index in [0.717, 1.165) is 11.1 Å². The highest BCUT2D eigenvalue weighted by atomic mass is 35.5. The van der Waals surface area contributed by atoms with Crippen molar-refractivity contribution in [1.29, 1.82) is 0 Å². The SMILES string of the molecule is COc1ccc(C(C)(C)C)cc1/C(O)=C1\C(=O)C(=O)N(c2cc(Cl)ccc2O)C1c1ccc(C(C)(C)C)cc1. The number of hydrogen-bond donors (Lipinski definition) is 2. The highest BCUT2D eigenvalue weighted by Crippen LogP contribution is 2.46. The van der Waals surface area contributed by atoms with Crippen molar-refractivity contribution in [2.45, 2.75) is 58.4 Å². The van der Waals surface area contributed by atoms with Crippen LogP contribution < -0.4 is 9.64 Å². The number of phenols is 1. The first-order chi connectivity index (χ1) is 18.1. The molecule has 0 saturated carbocycles. The Morgan fingerprint density at radius 3 is 2.03 bits per heavy atom. The van der Waals surface area contributed by atoms with Crippen molar-refractivity contribution in [2.24, 2.45) is 0 Å². The third kappa shape index (κ3) is 5.26. The number of Topliss-reactive ketones (excluding diaryl/α,β-unsaturated/α-hetero) is 1. The number of nitrogens with zero attached hydrogens (tertiary/aromatic N) is 1. The molecule has 204 valence electrons. The van der Waals surface area contributed by atoms with Gasteiger partial charge in [0.1, 0.15) is 17.3 Å². The quantitative estimate of drug-likeness (QED) is 0.204. The van der Waals surface area contributed by atoms with E-state index in [-0.39, 0.29) is 38.6 Å². The summed E-state index contributed by atoms with van der Waals surface area (Å²) < 4.78 is 5.53. The van der Waals surface area contributed by atoms with Crippen LogP contribution in [0.5, 0.6) is 11.5 Å². The maximum Gasteiger partial charge on any atom is 0.300 e. The van der Waals surface area contributed by atoms with Crippen molar-refractivity contribution >= 4 is 34.7 Å². The number of ketones is 1. The lowest BCUT2D eigenvalue weighted by molar-refractivity contribution is -0.132. The van der Waals surface area contributed by atoms with Crippen molar-refractivity contribution in [3.63, 3.8) is 0 Å². The van der Waals surface area contributed by atoms with E-state index in [1.165, 1.54) is 30.2 Å². The van der Waals surface area contributed by atoms with Crippen LogP contribution in [0, 0.1) is 0 Å². The van der Waals surface area contributed by atoms with Gasteiger partial charge in [-0.15, -0.1) is 0 Å². The number of benzene rings is 3. The first kappa shape index (κ1) is 28.2. The smallest absolute Gasteiger partial charge is 0.300 e. The Balaban J connectivity index is 2.02. The van der Waals surface area contributed by atoms with Crippen LogP contribution in [-0.2, 0) is 20.4 Å². The number of ether oxygens (including phenoxy) is 1. The monoisotopic (exact) mass is 547 g/mol. The lowest BCUT2D eigenvalue weighted by Crippen LogP contribution is -2.29. The second-order valence-corrected chi connectivity index (χ2v) is 12.3. The van der Waals surface area contributed by atoms with Crippen molar-refractivity contribution in [3.8, 4) is 11.5 Å². The van der Waals surface area contributed by atoms with Crippen molar-refractivity contribution in [2.75, 3.05) is 12.0 Å². The van der Waals surface area contributed by atoms with Crippen LogP contribution in [0.4, 0.5) is 5.69 Å². The van der Waals surface area contributed by atoms with Gasteiger partial charge in [-0.05, 0) is 57.9 Å². The number of aliphatic hydroxyl groups is 1. The second kappa shape index (κ2) is 10.1. The third-order valence-corrected chi connectivity index (χ3v) is 7.29. The third-order valence-electron chi connectivity index (χ3n) is 7.05. The first-order valence-electron chi connectivity index (χ1n) is 12.7. The van der Waals surface area contributed by atoms with E-state index in [0.29, 0.717) is 16.9 Å². The summed E-state index contributed by atoms with van der Waals surface area (Å²) in [5.74, 6) is -1.97. The van der Waals surface area contributed by atoms with E-state index >= 15 is 0 Å². The summed E-state index contributed by atoms with van der Waals surface area (Å²) in [5.41, 5.74) is 2.47. The molecule has 1 unspecified atom stereocenters. The number of phenolic OH excluding ortho intramolecular Hbond substituents is 1. The maximum atomic E-state index is 13.6. The number of methoxy groups -OCH3 is 1. The van der Waals surface area contributed by atoms with E-state index in [2.05, 4.69) is 20.8 Å². The van der Waals surface area contributed by atoms with E-state index in [1.54, 1.807) is 12.1 Å². The summed E-state index contributed by atoms with van der Waals surface area (Å²) in [7, 11) is 1.48. The fourth-order valence-corrected chi connectivity index (χ4v) is 4.92. The summed E-state index contributed by atoms with van der Waals surface area (Å²) in [6.07, 6.45) is 0. The Morgan fingerprint density at radius 1 is 0.872 bits per heavy atom. The largest absolute Gasteiger partial charge is 0.507 e. The Hall–Kier alpha value is -3.77. The zero-order valence-electron chi connectivity index (χ0n) is 23.3. The molecule has 1 saturated heterocycles. The van der Waals surface area contributed by atoms with Crippen LogP contribution in [0.3, 0.4) is 0 Å². The van der Waals surface area contributed by atoms with Crippen LogP contribution in [0.15, 0.2) is 66.2 Å². The van der Waals surface area contributed by atoms with Gasteiger partial charge < -0.3 is 14.9 Å². The van der Waals surface area contributed by atoms with Crippen LogP contribution in [0.1, 0.15) is 69.8 Å². The molecule has 3 aromatic carbocycles. The summed E-state index contributed by atoms with van der Waals surface area (Å²) in [4.78, 5) is 28.4. The summed E-state index contributed by atoms with van der Waals surface area (Å²) in [5, 5.41) is 22.7. The van der Waals surface area contributed by atoms with Crippen LogP contribution >= 0.6 is 11.6 Å². The predicted octanol–water partition coefficient (Wildman–Crippen LogP) is 7.28.